The monoisotopic (exact) mass is 463 g/mol. The number of carboxylic acids is 2. The summed E-state index contributed by atoms with van der Waals surface area (Å²) in [5, 5.41) is 43.5. The number of carboxylic acid groups (broad SMARTS) is 2. The topological polar surface area (TPSA) is 271 Å². The lowest BCUT2D eigenvalue weighted by molar-refractivity contribution is -0.144. The lowest BCUT2D eigenvalue weighted by Crippen LogP contribution is -2.62. The van der Waals surface area contributed by atoms with Gasteiger partial charge < -0.3 is 47.8 Å². The number of aliphatic carboxylic acids is 2. The molecular weight excluding hydrogens is 434 g/mol. The van der Waals surface area contributed by atoms with Crippen LogP contribution in [0.1, 0.15) is 33.1 Å². The summed E-state index contributed by atoms with van der Waals surface area (Å²) in [5.74, 6) is -7.04. The number of aliphatic hydroxyl groups is 2. The van der Waals surface area contributed by atoms with Gasteiger partial charge >= 0.3 is 11.9 Å². The maximum absolute atomic E-state index is 12.5. The number of aliphatic hydroxyl groups excluding tert-OH is 2. The number of carbonyl (C=O) groups excluding carboxylic acids is 4. The number of rotatable bonds is 14. The predicted molar refractivity (Wildman–Crippen MR) is 105 cm³/mol. The number of amides is 4. The third-order valence-electron chi connectivity index (χ3n) is 4.15. The molecule has 6 atom stereocenters. The molecule has 32 heavy (non-hydrogen) atoms. The summed E-state index contributed by atoms with van der Waals surface area (Å²) in [6, 6.07) is -6.40. The minimum atomic E-state index is -1.73. The molecule has 0 aromatic heterocycles. The summed E-state index contributed by atoms with van der Waals surface area (Å²) in [6.07, 6.45) is -4.46. The molecule has 15 heteroatoms. The van der Waals surface area contributed by atoms with Crippen molar-refractivity contribution in [2.24, 2.45) is 11.5 Å². The first-order chi connectivity index (χ1) is 14.7. The van der Waals surface area contributed by atoms with Gasteiger partial charge in [-0.15, -0.1) is 0 Å². The van der Waals surface area contributed by atoms with E-state index in [2.05, 4.69) is 10.6 Å². The Morgan fingerprint density at radius 3 is 1.62 bits per heavy atom. The van der Waals surface area contributed by atoms with E-state index in [-0.39, 0.29) is 6.42 Å². The van der Waals surface area contributed by atoms with E-state index in [0.717, 1.165) is 13.8 Å². The van der Waals surface area contributed by atoms with Crippen molar-refractivity contribution in [3.05, 3.63) is 0 Å². The molecule has 0 aromatic rings. The molecule has 0 radical (unpaired) electrons. The third-order valence-corrected chi connectivity index (χ3v) is 4.15. The highest BCUT2D eigenvalue weighted by molar-refractivity contribution is 5.95. The van der Waals surface area contributed by atoms with Crippen LogP contribution in [-0.4, -0.2) is 92.4 Å². The standard InChI is InChI=1S/C17H29N5O10/c1-6(23)12(15(29)20-9(17(31)32)5-10(19)25)22-16(30)13(7(2)24)21-14(28)8(18)3-4-11(26)27/h6-9,12-13,23-24H,3-5,18H2,1-2H3,(H2,19,25)(H,20,29)(H,21,28)(H,22,30)(H,26,27)(H,31,32). The highest BCUT2D eigenvalue weighted by Crippen LogP contribution is 2.03. The quantitative estimate of drug-likeness (QED) is 0.118. The van der Waals surface area contributed by atoms with Crippen LogP contribution in [0.3, 0.4) is 0 Å². The van der Waals surface area contributed by atoms with E-state index in [1.165, 1.54) is 0 Å². The molecule has 0 aliphatic rings. The summed E-state index contributed by atoms with van der Waals surface area (Å²) in [5.41, 5.74) is 10.5. The smallest absolute Gasteiger partial charge is 0.326 e. The number of hydrogen-bond donors (Lipinski definition) is 9. The molecule has 4 amide bonds. The van der Waals surface area contributed by atoms with Gasteiger partial charge in [0.25, 0.3) is 0 Å². The van der Waals surface area contributed by atoms with E-state index in [1.807, 2.05) is 5.32 Å². The van der Waals surface area contributed by atoms with Crippen LogP contribution in [-0.2, 0) is 28.8 Å². The SMILES string of the molecule is CC(O)C(NC(=O)C(N)CCC(=O)O)C(=O)NC(C(=O)NC(CC(N)=O)C(=O)O)C(C)O. The number of primary amides is 1. The van der Waals surface area contributed by atoms with Crippen LogP contribution >= 0.6 is 0 Å². The van der Waals surface area contributed by atoms with Gasteiger partial charge in [0.2, 0.25) is 23.6 Å². The van der Waals surface area contributed by atoms with Crippen molar-refractivity contribution in [1.29, 1.82) is 0 Å². The molecule has 0 rings (SSSR count). The first-order valence-electron chi connectivity index (χ1n) is 9.43. The number of nitrogens with two attached hydrogens (primary N) is 2. The fourth-order valence-corrected chi connectivity index (χ4v) is 2.39. The van der Waals surface area contributed by atoms with Crippen LogP contribution in [0.15, 0.2) is 0 Å². The zero-order chi connectivity index (χ0) is 25.2. The zero-order valence-electron chi connectivity index (χ0n) is 17.5. The second-order valence-electron chi connectivity index (χ2n) is 7.06. The Balaban J connectivity index is 5.33. The van der Waals surface area contributed by atoms with Crippen molar-refractivity contribution in [3.8, 4) is 0 Å². The van der Waals surface area contributed by atoms with E-state index in [1.54, 1.807) is 0 Å². The van der Waals surface area contributed by atoms with Crippen molar-refractivity contribution in [3.63, 3.8) is 0 Å². The molecule has 6 unspecified atom stereocenters. The normalized spacial score (nSPS) is 16.4. The molecule has 0 aliphatic heterocycles. The molecular formula is C17H29N5O10. The van der Waals surface area contributed by atoms with Crippen LogP contribution in [0.4, 0.5) is 0 Å². The lowest BCUT2D eigenvalue weighted by Gasteiger charge is -2.27. The Morgan fingerprint density at radius 1 is 0.812 bits per heavy atom. The predicted octanol–water partition coefficient (Wildman–Crippen LogP) is -4.65. The molecule has 15 nitrogen and oxygen atoms in total. The summed E-state index contributed by atoms with van der Waals surface area (Å²) in [4.78, 5) is 69.7. The summed E-state index contributed by atoms with van der Waals surface area (Å²) >= 11 is 0. The Bertz CT molecular complexity index is 727. The Labute approximate surface area is 182 Å². The number of nitrogens with one attached hydrogen (secondary N) is 3. The summed E-state index contributed by atoms with van der Waals surface area (Å²) < 4.78 is 0. The molecule has 0 fully saturated rings. The fourth-order valence-electron chi connectivity index (χ4n) is 2.39. The van der Waals surface area contributed by atoms with Gasteiger partial charge in [-0.3, -0.25) is 24.0 Å². The maximum Gasteiger partial charge on any atom is 0.326 e. The lowest BCUT2D eigenvalue weighted by atomic mass is 10.1. The van der Waals surface area contributed by atoms with Crippen molar-refractivity contribution in [1.82, 2.24) is 16.0 Å². The molecule has 0 heterocycles. The first-order valence-corrected chi connectivity index (χ1v) is 9.43. The van der Waals surface area contributed by atoms with E-state index in [9.17, 15) is 39.0 Å². The van der Waals surface area contributed by atoms with Gasteiger partial charge in [-0.2, -0.15) is 0 Å². The largest absolute Gasteiger partial charge is 0.481 e. The van der Waals surface area contributed by atoms with Crippen LogP contribution < -0.4 is 27.4 Å². The average Bonchev–Trinajstić information content (AvgIpc) is 2.66. The maximum atomic E-state index is 12.5. The second kappa shape index (κ2) is 13.2. The molecule has 11 N–H and O–H groups in total. The molecule has 0 saturated heterocycles. The van der Waals surface area contributed by atoms with Gasteiger partial charge in [-0.1, -0.05) is 0 Å². The summed E-state index contributed by atoms with van der Waals surface area (Å²) in [7, 11) is 0. The van der Waals surface area contributed by atoms with E-state index >= 15 is 0 Å². The van der Waals surface area contributed by atoms with Gasteiger partial charge in [-0.25, -0.2) is 4.79 Å². The number of hydrogen-bond acceptors (Lipinski definition) is 9. The summed E-state index contributed by atoms with van der Waals surface area (Å²) in [6.45, 7) is 2.24. The first kappa shape index (κ1) is 28.7. The minimum absolute atomic E-state index is 0.246. The van der Waals surface area contributed by atoms with Crippen molar-refractivity contribution in [2.75, 3.05) is 0 Å². The molecule has 182 valence electrons. The Morgan fingerprint density at radius 2 is 1.25 bits per heavy atom. The Kier molecular flexibility index (Phi) is 11.8. The average molecular weight is 463 g/mol. The van der Waals surface area contributed by atoms with Gasteiger partial charge in [0.05, 0.1) is 24.7 Å². The van der Waals surface area contributed by atoms with E-state index in [4.69, 9.17) is 21.7 Å². The van der Waals surface area contributed by atoms with Gasteiger partial charge in [0.1, 0.15) is 18.1 Å². The highest BCUT2D eigenvalue weighted by Gasteiger charge is 2.34. The van der Waals surface area contributed by atoms with Gasteiger partial charge in [0, 0.05) is 6.42 Å². The van der Waals surface area contributed by atoms with Crippen LogP contribution in [0, 0.1) is 0 Å². The molecule has 0 aliphatic carbocycles. The van der Waals surface area contributed by atoms with Gasteiger partial charge in [0.15, 0.2) is 0 Å². The van der Waals surface area contributed by atoms with Crippen molar-refractivity contribution in [2.45, 2.75) is 69.5 Å². The number of carbonyl (C=O) groups is 6. The van der Waals surface area contributed by atoms with E-state index < -0.39 is 84.8 Å². The molecule has 0 spiro atoms. The molecule has 0 aromatic carbocycles. The van der Waals surface area contributed by atoms with E-state index in [0.29, 0.717) is 0 Å². The van der Waals surface area contributed by atoms with Crippen molar-refractivity contribution >= 4 is 35.6 Å². The van der Waals surface area contributed by atoms with Gasteiger partial charge in [-0.05, 0) is 20.3 Å². The van der Waals surface area contributed by atoms with Crippen LogP contribution in [0.25, 0.3) is 0 Å². The fraction of sp³-hybridized carbons (Fsp3) is 0.647. The van der Waals surface area contributed by atoms with Crippen molar-refractivity contribution < 1.29 is 49.2 Å². The third kappa shape index (κ3) is 10.1. The Hall–Kier alpha value is -3.30. The minimum Gasteiger partial charge on any atom is -0.481 e. The van der Waals surface area contributed by atoms with Crippen LogP contribution in [0.5, 0.6) is 0 Å². The van der Waals surface area contributed by atoms with Crippen LogP contribution in [0.2, 0.25) is 0 Å². The molecule has 0 saturated carbocycles. The second-order valence-corrected chi connectivity index (χ2v) is 7.06. The highest BCUT2D eigenvalue weighted by atomic mass is 16.4. The molecule has 0 bridgehead atoms. The zero-order valence-corrected chi connectivity index (χ0v) is 17.5.